The second-order valence-electron chi connectivity index (χ2n) is 12.9. The van der Waals surface area contributed by atoms with Gasteiger partial charge in [0.05, 0.1) is 22.4 Å². The maximum absolute atomic E-state index is 2.49. The largest absolute Gasteiger partial charge is 0.309 e. The van der Waals surface area contributed by atoms with Crippen LogP contribution in [0.25, 0.3) is 69.9 Å². The van der Waals surface area contributed by atoms with Gasteiger partial charge in [0, 0.05) is 47.9 Å². The number of anilines is 3. The second kappa shape index (κ2) is 12.2. The molecule has 8 aromatic carbocycles. The summed E-state index contributed by atoms with van der Waals surface area (Å²) < 4.78 is 4.99. The highest BCUT2D eigenvalue weighted by Crippen LogP contribution is 2.48. The van der Waals surface area contributed by atoms with Crippen molar-refractivity contribution >= 4 is 70.4 Å². The van der Waals surface area contributed by atoms with Crippen molar-refractivity contribution in [2.24, 2.45) is 0 Å². The highest BCUT2D eigenvalue weighted by Gasteiger charge is 2.23. The molecule has 0 aliphatic rings. The maximum atomic E-state index is 2.49. The van der Waals surface area contributed by atoms with Crippen molar-refractivity contribution < 1.29 is 0 Å². The summed E-state index contributed by atoms with van der Waals surface area (Å²) in [6.45, 7) is 0. The van der Waals surface area contributed by atoms with E-state index in [1.165, 1.54) is 69.9 Å². The summed E-state index contributed by atoms with van der Waals surface area (Å²) in [4.78, 5) is 2.49. The van der Waals surface area contributed by atoms with E-state index in [2.05, 4.69) is 204 Å². The molecule has 0 amide bonds. The predicted octanol–water partition coefficient (Wildman–Crippen LogP) is 14.0. The Hall–Kier alpha value is -6.42. The fraction of sp³-hybridized carbons (Fsp3) is 0. The Balaban J connectivity index is 1.32. The first-order valence-corrected chi connectivity index (χ1v) is 18.2. The van der Waals surface area contributed by atoms with E-state index in [-0.39, 0.29) is 0 Å². The average Bonchev–Trinajstić information content (AvgIpc) is 3.75. The lowest BCUT2D eigenvalue weighted by atomic mass is 9.98. The monoisotopic (exact) mass is 668 g/mol. The topological polar surface area (TPSA) is 8.17 Å². The minimum absolute atomic E-state index is 1.11. The Morgan fingerprint density at radius 2 is 1.00 bits per heavy atom. The molecule has 3 heteroatoms. The summed E-state index contributed by atoms with van der Waals surface area (Å²) in [5.41, 5.74) is 11.8. The van der Waals surface area contributed by atoms with Crippen molar-refractivity contribution in [3.8, 4) is 27.9 Å². The van der Waals surface area contributed by atoms with Crippen LogP contribution < -0.4 is 4.90 Å². The third kappa shape index (κ3) is 4.85. The van der Waals surface area contributed by atoms with Crippen LogP contribution in [0.5, 0.6) is 0 Å². The lowest BCUT2D eigenvalue weighted by molar-refractivity contribution is 1.18. The van der Waals surface area contributed by atoms with Crippen molar-refractivity contribution in [1.82, 2.24) is 4.57 Å². The number of hydrogen-bond acceptors (Lipinski definition) is 2. The van der Waals surface area contributed by atoms with E-state index in [1.807, 2.05) is 11.3 Å². The number of nitrogens with zero attached hydrogens (tertiary/aromatic N) is 2. The van der Waals surface area contributed by atoms with E-state index in [4.69, 9.17) is 0 Å². The van der Waals surface area contributed by atoms with Crippen LogP contribution in [0.15, 0.2) is 194 Å². The fourth-order valence-electron chi connectivity index (χ4n) is 7.79. The molecule has 2 aromatic heterocycles. The fourth-order valence-corrected chi connectivity index (χ4v) is 8.92. The second-order valence-corrected chi connectivity index (χ2v) is 14.0. The molecule has 0 saturated carbocycles. The molecule has 0 fully saturated rings. The van der Waals surface area contributed by atoms with E-state index in [9.17, 15) is 0 Å². The van der Waals surface area contributed by atoms with Crippen LogP contribution in [0.1, 0.15) is 0 Å². The zero-order valence-corrected chi connectivity index (χ0v) is 28.6. The summed E-state index contributed by atoms with van der Waals surface area (Å²) in [6.07, 6.45) is 0. The van der Waals surface area contributed by atoms with Gasteiger partial charge in [-0.15, -0.1) is 11.3 Å². The van der Waals surface area contributed by atoms with Gasteiger partial charge >= 0.3 is 0 Å². The van der Waals surface area contributed by atoms with Crippen LogP contribution in [-0.2, 0) is 0 Å². The molecular weight excluding hydrogens is 637 g/mol. The highest BCUT2D eigenvalue weighted by atomic mass is 32.1. The number of thiophene rings is 1. The van der Waals surface area contributed by atoms with Crippen LogP contribution in [0, 0.1) is 0 Å². The lowest BCUT2D eigenvalue weighted by Gasteiger charge is -2.29. The summed E-state index contributed by atoms with van der Waals surface area (Å²) in [5.74, 6) is 0. The lowest BCUT2D eigenvalue weighted by Crippen LogP contribution is -2.11. The zero-order valence-electron chi connectivity index (χ0n) is 27.8. The first-order chi connectivity index (χ1) is 25.3. The Morgan fingerprint density at radius 3 is 1.80 bits per heavy atom. The minimum Gasteiger partial charge on any atom is -0.309 e. The molecule has 0 atom stereocenters. The van der Waals surface area contributed by atoms with Gasteiger partial charge in [0.2, 0.25) is 0 Å². The molecule has 0 N–H and O–H groups in total. The van der Waals surface area contributed by atoms with Crippen LogP contribution in [-0.4, -0.2) is 4.57 Å². The Morgan fingerprint density at radius 1 is 0.392 bits per heavy atom. The molecule has 0 aliphatic heterocycles. The minimum atomic E-state index is 1.11. The van der Waals surface area contributed by atoms with Crippen molar-refractivity contribution in [1.29, 1.82) is 0 Å². The first-order valence-electron chi connectivity index (χ1n) is 17.4. The smallest absolute Gasteiger partial charge is 0.0555 e. The summed E-state index contributed by atoms with van der Waals surface area (Å²) in [6, 6.07) is 70.4. The van der Waals surface area contributed by atoms with Gasteiger partial charge in [-0.25, -0.2) is 0 Å². The van der Waals surface area contributed by atoms with Gasteiger partial charge in [-0.3, -0.25) is 0 Å². The molecular formula is C48H32N2S. The number of rotatable bonds is 6. The van der Waals surface area contributed by atoms with Gasteiger partial charge in [-0.2, -0.15) is 0 Å². The molecule has 10 rings (SSSR count). The molecule has 51 heavy (non-hydrogen) atoms. The normalized spacial score (nSPS) is 11.5. The first kappa shape index (κ1) is 29.5. The van der Waals surface area contributed by atoms with Gasteiger partial charge in [0.25, 0.3) is 0 Å². The Kier molecular flexibility index (Phi) is 7.04. The molecule has 2 heterocycles. The average molecular weight is 669 g/mol. The van der Waals surface area contributed by atoms with Crippen LogP contribution in [0.3, 0.4) is 0 Å². The van der Waals surface area contributed by atoms with Crippen LogP contribution in [0.2, 0.25) is 0 Å². The van der Waals surface area contributed by atoms with E-state index in [0.29, 0.717) is 0 Å². The van der Waals surface area contributed by atoms with Crippen molar-refractivity contribution in [2.45, 2.75) is 0 Å². The number of para-hydroxylation sites is 2. The Labute approximate surface area is 300 Å². The number of hydrogen-bond donors (Lipinski definition) is 0. The van der Waals surface area contributed by atoms with Gasteiger partial charge in [0.1, 0.15) is 0 Å². The van der Waals surface area contributed by atoms with E-state index in [0.717, 1.165) is 17.1 Å². The third-order valence-electron chi connectivity index (χ3n) is 9.98. The molecule has 0 spiro atoms. The molecule has 0 aliphatic carbocycles. The predicted molar refractivity (Wildman–Crippen MR) is 219 cm³/mol. The van der Waals surface area contributed by atoms with Crippen LogP contribution >= 0.6 is 11.3 Å². The molecule has 0 saturated heterocycles. The van der Waals surface area contributed by atoms with Gasteiger partial charge in [-0.1, -0.05) is 133 Å². The molecule has 240 valence electrons. The quantitative estimate of drug-likeness (QED) is 0.171. The number of aromatic nitrogens is 1. The van der Waals surface area contributed by atoms with E-state index >= 15 is 0 Å². The van der Waals surface area contributed by atoms with Crippen LogP contribution in [0.4, 0.5) is 17.1 Å². The molecule has 2 nitrogen and oxygen atoms in total. The molecule has 10 aromatic rings. The summed E-state index contributed by atoms with van der Waals surface area (Å²) >= 11 is 1.86. The Bertz CT molecular complexity index is 2850. The van der Waals surface area contributed by atoms with Gasteiger partial charge in [-0.05, 0) is 77.4 Å². The van der Waals surface area contributed by atoms with Gasteiger partial charge in [0.15, 0.2) is 0 Å². The summed E-state index contributed by atoms with van der Waals surface area (Å²) in [5, 5.41) is 5.02. The van der Waals surface area contributed by atoms with Crippen molar-refractivity contribution in [2.75, 3.05) is 4.90 Å². The summed E-state index contributed by atoms with van der Waals surface area (Å²) in [7, 11) is 0. The molecule has 0 bridgehead atoms. The molecule has 0 radical (unpaired) electrons. The zero-order chi connectivity index (χ0) is 33.7. The number of fused-ring (bicyclic) bond motifs is 6. The maximum Gasteiger partial charge on any atom is 0.0555 e. The third-order valence-corrected chi connectivity index (χ3v) is 11.1. The highest BCUT2D eigenvalue weighted by molar-refractivity contribution is 7.26. The van der Waals surface area contributed by atoms with Crippen molar-refractivity contribution in [3.05, 3.63) is 194 Å². The van der Waals surface area contributed by atoms with E-state index in [1.54, 1.807) is 0 Å². The van der Waals surface area contributed by atoms with E-state index < -0.39 is 0 Å². The molecule has 0 unspecified atom stereocenters. The number of benzene rings is 8. The van der Waals surface area contributed by atoms with Crippen molar-refractivity contribution in [3.63, 3.8) is 0 Å². The van der Waals surface area contributed by atoms with Gasteiger partial charge < -0.3 is 9.47 Å². The standard InChI is InChI=1S/C48H32N2S/c1-4-16-33(17-5-1)37-22-10-12-25-41(37)50(44-27-15-29-46-48(44)39-23-11-13-28-45(39)51-46)36-30-31-42-40(32-36)47-38(34-18-6-2-7-19-34)24-14-26-43(47)49(42)35-20-8-3-9-21-35/h1-32H. The SMILES string of the molecule is c1ccc(-c2ccccc2N(c2ccc3c(c2)c2c(-c4ccccc4)cccc2n3-c2ccccc2)c2cccc3sc4ccccc4c23)cc1.